The van der Waals surface area contributed by atoms with Gasteiger partial charge in [0.1, 0.15) is 10.9 Å². The highest BCUT2D eigenvalue weighted by atomic mass is 35.5. The molecule has 3 N–H and O–H groups in total. The molecular weight excluding hydrogens is 478 g/mol. The van der Waals surface area contributed by atoms with Gasteiger partial charge < -0.3 is 25.7 Å². The largest absolute Gasteiger partial charge is 0.495 e. The van der Waals surface area contributed by atoms with Gasteiger partial charge in [0.25, 0.3) is 11.8 Å². The number of halogens is 1. The third-order valence-corrected chi connectivity index (χ3v) is 6.25. The fraction of sp³-hybridized carbons (Fsp3) is 0.185. The minimum absolute atomic E-state index is 0.114. The monoisotopic (exact) mass is 503 g/mol. The van der Waals surface area contributed by atoms with Gasteiger partial charge in [0, 0.05) is 55.8 Å². The first-order valence-electron chi connectivity index (χ1n) is 11.3. The molecule has 9 heteroatoms. The first-order valence-corrected chi connectivity index (χ1v) is 11.7. The highest BCUT2D eigenvalue weighted by Crippen LogP contribution is 2.31. The van der Waals surface area contributed by atoms with Crippen LogP contribution >= 0.6 is 11.6 Å². The summed E-state index contributed by atoms with van der Waals surface area (Å²) in [5.74, 6) is 0.192. The lowest BCUT2D eigenvalue weighted by molar-refractivity contribution is 0.0602. The molecule has 1 aliphatic heterocycles. The van der Waals surface area contributed by atoms with Crippen LogP contribution in [0.1, 0.15) is 37.8 Å². The van der Waals surface area contributed by atoms with Crippen molar-refractivity contribution in [1.82, 2.24) is 15.2 Å². The van der Waals surface area contributed by atoms with E-state index in [-0.39, 0.29) is 17.7 Å². The Morgan fingerprint density at radius 1 is 1.08 bits per heavy atom. The molecule has 0 saturated carbocycles. The standard InChI is InChI=1S/C27H26ClN5O3/c1-30-13-21(12-29)17-3-5-18(6-4-17)22-15-33(16-22)27(35)19-7-9-24(36-2)23(11-19)32-26(34)20-8-10-25(28)31-14-20/h3-14,22,29-30H,15-16H2,1-2H3,(H,32,34)/b21-13+,29-12?. The molecular formula is C27H26ClN5O3. The second kappa shape index (κ2) is 11.0. The predicted molar refractivity (Wildman–Crippen MR) is 141 cm³/mol. The van der Waals surface area contributed by atoms with Gasteiger partial charge in [-0.1, -0.05) is 35.9 Å². The maximum absolute atomic E-state index is 13.1. The van der Waals surface area contributed by atoms with Crippen molar-refractivity contribution in [2.45, 2.75) is 5.92 Å². The van der Waals surface area contributed by atoms with E-state index in [1.54, 1.807) is 42.4 Å². The van der Waals surface area contributed by atoms with Crippen LogP contribution in [0.5, 0.6) is 5.75 Å². The van der Waals surface area contributed by atoms with Crippen LogP contribution in [0.25, 0.3) is 5.57 Å². The number of rotatable bonds is 8. The summed E-state index contributed by atoms with van der Waals surface area (Å²) >= 11 is 5.80. The Bertz CT molecular complexity index is 1300. The van der Waals surface area contributed by atoms with E-state index in [0.717, 1.165) is 16.7 Å². The van der Waals surface area contributed by atoms with Gasteiger partial charge in [-0.2, -0.15) is 0 Å². The van der Waals surface area contributed by atoms with Gasteiger partial charge in [0.15, 0.2) is 0 Å². The number of pyridine rings is 1. The zero-order chi connectivity index (χ0) is 25.7. The number of anilines is 1. The van der Waals surface area contributed by atoms with E-state index in [0.29, 0.717) is 40.8 Å². The molecule has 184 valence electrons. The van der Waals surface area contributed by atoms with E-state index in [2.05, 4.69) is 15.6 Å². The Morgan fingerprint density at radius 2 is 1.78 bits per heavy atom. The Kier molecular flexibility index (Phi) is 7.65. The predicted octanol–water partition coefficient (Wildman–Crippen LogP) is 4.45. The van der Waals surface area contributed by atoms with Gasteiger partial charge in [0.2, 0.25) is 0 Å². The number of aromatic nitrogens is 1. The van der Waals surface area contributed by atoms with Crippen molar-refractivity contribution in [3.8, 4) is 5.75 Å². The number of likely N-dealkylation sites (tertiary alicyclic amines) is 1. The zero-order valence-corrected chi connectivity index (χ0v) is 20.7. The number of hydrogen-bond donors (Lipinski definition) is 3. The Morgan fingerprint density at radius 3 is 2.39 bits per heavy atom. The van der Waals surface area contributed by atoms with Crippen LogP contribution in [0.4, 0.5) is 5.69 Å². The molecule has 2 aromatic carbocycles. The maximum Gasteiger partial charge on any atom is 0.257 e. The number of benzene rings is 2. The maximum atomic E-state index is 13.1. The summed E-state index contributed by atoms with van der Waals surface area (Å²) in [6, 6.07) is 16.1. The van der Waals surface area contributed by atoms with E-state index in [4.69, 9.17) is 21.7 Å². The van der Waals surface area contributed by atoms with Crippen molar-refractivity contribution >= 4 is 40.9 Å². The molecule has 2 amide bonds. The summed E-state index contributed by atoms with van der Waals surface area (Å²) in [5.41, 5.74) is 4.09. The van der Waals surface area contributed by atoms with Crippen molar-refractivity contribution in [2.75, 3.05) is 32.6 Å². The lowest BCUT2D eigenvalue weighted by atomic mass is 9.89. The van der Waals surface area contributed by atoms with Crippen molar-refractivity contribution in [1.29, 1.82) is 5.41 Å². The quantitative estimate of drug-likeness (QED) is 0.311. The molecule has 36 heavy (non-hydrogen) atoms. The van der Waals surface area contributed by atoms with Crippen LogP contribution in [0.2, 0.25) is 5.15 Å². The minimum atomic E-state index is -0.384. The molecule has 0 bridgehead atoms. The Labute approximate surface area is 214 Å². The lowest BCUT2D eigenvalue weighted by Gasteiger charge is -2.39. The van der Waals surface area contributed by atoms with Crippen LogP contribution < -0.4 is 15.4 Å². The molecule has 1 fully saturated rings. The first kappa shape index (κ1) is 24.9. The normalized spacial score (nSPS) is 13.5. The SMILES string of the molecule is CN/C=C(\C=N)c1ccc(C2CN(C(=O)c3ccc(OC)c(NC(=O)c4ccc(Cl)nc4)c3)C2)cc1. The fourth-order valence-electron chi connectivity index (χ4n) is 3.99. The average Bonchev–Trinajstić information content (AvgIpc) is 2.87. The van der Waals surface area contributed by atoms with E-state index in [1.807, 2.05) is 24.3 Å². The van der Waals surface area contributed by atoms with Crippen LogP contribution in [-0.4, -0.2) is 55.2 Å². The lowest BCUT2D eigenvalue weighted by Crippen LogP contribution is -2.48. The van der Waals surface area contributed by atoms with Crippen molar-refractivity contribution in [3.05, 3.63) is 94.4 Å². The average molecular weight is 504 g/mol. The number of nitrogens with zero attached hydrogens (tertiary/aromatic N) is 2. The second-order valence-electron chi connectivity index (χ2n) is 8.30. The Hall–Kier alpha value is -4.17. The smallest absolute Gasteiger partial charge is 0.257 e. The molecule has 0 radical (unpaired) electrons. The molecule has 1 aliphatic rings. The molecule has 0 atom stereocenters. The van der Waals surface area contributed by atoms with E-state index >= 15 is 0 Å². The van der Waals surface area contributed by atoms with E-state index < -0.39 is 0 Å². The molecule has 1 aromatic heterocycles. The van der Waals surface area contributed by atoms with Crippen LogP contribution in [0, 0.1) is 5.41 Å². The van der Waals surface area contributed by atoms with Crippen LogP contribution in [0.15, 0.2) is 67.0 Å². The highest BCUT2D eigenvalue weighted by molar-refractivity contribution is 6.29. The van der Waals surface area contributed by atoms with Crippen LogP contribution in [-0.2, 0) is 0 Å². The number of nitrogens with one attached hydrogen (secondary N) is 3. The van der Waals surface area contributed by atoms with Gasteiger partial charge >= 0.3 is 0 Å². The summed E-state index contributed by atoms with van der Waals surface area (Å²) in [4.78, 5) is 31.4. The molecule has 0 aliphatic carbocycles. The molecule has 2 heterocycles. The number of carbonyl (C=O) groups is 2. The van der Waals surface area contributed by atoms with Gasteiger partial charge in [-0.15, -0.1) is 0 Å². The van der Waals surface area contributed by atoms with Crippen molar-refractivity contribution < 1.29 is 14.3 Å². The van der Waals surface area contributed by atoms with E-state index in [9.17, 15) is 9.59 Å². The molecule has 1 saturated heterocycles. The number of methoxy groups -OCH3 is 1. The third kappa shape index (κ3) is 5.39. The molecule has 3 aromatic rings. The number of amides is 2. The number of allylic oxidation sites excluding steroid dienone is 1. The fourth-order valence-corrected chi connectivity index (χ4v) is 4.10. The number of carbonyl (C=O) groups excluding carboxylic acids is 2. The summed E-state index contributed by atoms with van der Waals surface area (Å²) in [6.07, 6.45) is 4.48. The van der Waals surface area contributed by atoms with Gasteiger partial charge in [0.05, 0.1) is 18.4 Å². The molecule has 0 spiro atoms. The van der Waals surface area contributed by atoms with Crippen LogP contribution in [0.3, 0.4) is 0 Å². The summed E-state index contributed by atoms with van der Waals surface area (Å²) in [7, 11) is 3.30. The summed E-state index contributed by atoms with van der Waals surface area (Å²) < 4.78 is 5.36. The first-order chi connectivity index (χ1) is 17.4. The van der Waals surface area contributed by atoms with E-state index in [1.165, 1.54) is 25.6 Å². The Balaban J connectivity index is 1.42. The van der Waals surface area contributed by atoms with Gasteiger partial charge in [-0.05, 0) is 41.5 Å². The zero-order valence-electron chi connectivity index (χ0n) is 19.9. The topological polar surface area (TPSA) is 107 Å². The third-order valence-electron chi connectivity index (χ3n) is 6.02. The molecule has 8 nitrogen and oxygen atoms in total. The molecule has 4 rings (SSSR count). The van der Waals surface area contributed by atoms with Crippen molar-refractivity contribution in [3.63, 3.8) is 0 Å². The number of hydrogen-bond acceptors (Lipinski definition) is 6. The highest BCUT2D eigenvalue weighted by Gasteiger charge is 2.32. The minimum Gasteiger partial charge on any atom is -0.495 e. The van der Waals surface area contributed by atoms with Gasteiger partial charge in [-0.25, -0.2) is 4.98 Å². The van der Waals surface area contributed by atoms with Gasteiger partial charge in [-0.3, -0.25) is 9.59 Å². The summed E-state index contributed by atoms with van der Waals surface area (Å²) in [6.45, 7) is 1.21. The molecule has 0 unspecified atom stereocenters. The van der Waals surface area contributed by atoms with Crippen molar-refractivity contribution in [2.24, 2.45) is 0 Å². The second-order valence-corrected chi connectivity index (χ2v) is 8.69. The number of ether oxygens (including phenoxy) is 1. The summed E-state index contributed by atoms with van der Waals surface area (Å²) in [5, 5.41) is 13.6.